The van der Waals surface area contributed by atoms with Gasteiger partial charge in [0.05, 0.1) is 0 Å². The summed E-state index contributed by atoms with van der Waals surface area (Å²) in [5, 5.41) is 14.1. The molecule has 0 aliphatic heterocycles. The quantitative estimate of drug-likeness (QED) is 0.898. The lowest BCUT2D eigenvalue weighted by Gasteiger charge is -2.16. The SMILES string of the molecule is CC(C)(N)CCc1nn2c(C3CC3)nnc2s1. The summed E-state index contributed by atoms with van der Waals surface area (Å²) < 4.78 is 1.92. The lowest BCUT2D eigenvalue weighted by atomic mass is 10.0. The van der Waals surface area contributed by atoms with E-state index < -0.39 is 0 Å². The second-order valence-corrected chi connectivity index (χ2v) is 6.55. The molecule has 0 amide bonds. The molecule has 17 heavy (non-hydrogen) atoms. The summed E-state index contributed by atoms with van der Waals surface area (Å²) in [7, 11) is 0. The van der Waals surface area contributed by atoms with Crippen molar-refractivity contribution in [3.63, 3.8) is 0 Å². The van der Waals surface area contributed by atoms with Crippen LogP contribution in [0.5, 0.6) is 0 Å². The molecule has 2 heterocycles. The van der Waals surface area contributed by atoms with Crippen molar-refractivity contribution in [1.82, 2.24) is 19.8 Å². The summed E-state index contributed by atoms with van der Waals surface area (Å²) in [4.78, 5) is 0.914. The first kappa shape index (κ1) is 11.1. The van der Waals surface area contributed by atoms with Crippen LogP contribution in [-0.4, -0.2) is 25.4 Å². The van der Waals surface area contributed by atoms with Gasteiger partial charge in [-0.1, -0.05) is 11.3 Å². The van der Waals surface area contributed by atoms with Gasteiger partial charge in [-0.2, -0.15) is 9.61 Å². The summed E-state index contributed by atoms with van der Waals surface area (Å²) in [6, 6.07) is 0. The maximum absolute atomic E-state index is 5.98. The predicted octanol–water partition coefficient (Wildman–Crippen LogP) is 1.73. The van der Waals surface area contributed by atoms with Crippen molar-refractivity contribution in [2.75, 3.05) is 0 Å². The average Bonchev–Trinajstić information content (AvgIpc) is 2.87. The number of hydrogen-bond acceptors (Lipinski definition) is 5. The normalized spacial score (nSPS) is 16.9. The molecule has 1 aliphatic carbocycles. The van der Waals surface area contributed by atoms with Crippen LogP contribution in [0.3, 0.4) is 0 Å². The standard InChI is InChI=1S/C11H17N5S/c1-11(2,12)6-5-8-15-16-9(7-3-4-7)13-14-10(16)17-8/h7H,3-6,12H2,1-2H3. The van der Waals surface area contributed by atoms with Crippen molar-refractivity contribution in [2.45, 2.75) is 51.0 Å². The van der Waals surface area contributed by atoms with Gasteiger partial charge in [0.15, 0.2) is 5.82 Å². The molecular weight excluding hydrogens is 234 g/mol. The van der Waals surface area contributed by atoms with Gasteiger partial charge in [-0.05, 0) is 33.1 Å². The van der Waals surface area contributed by atoms with Crippen molar-refractivity contribution in [2.24, 2.45) is 5.73 Å². The van der Waals surface area contributed by atoms with Crippen LogP contribution in [0.1, 0.15) is 49.9 Å². The molecule has 2 aromatic rings. The monoisotopic (exact) mass is 251 g/mol. The van der Waals surface area contributed by atoms with Gasteiger partial charge in [0.1, 0.15) is 5.01 Å². The second kappa shape index (κ2) is 3.74. The Hall–Kier alpha value is -1.01. The molecule has 0 radical (unpaired) electrons. The topological polar surface area (TPSA) is 69.1 Å². The average molecular weight is 251 g/mol. The summed E-state index contributed by atoms with van der Waals surface area (Å²) >= 11 is 1.63. The van der Waals surface area contributed by atoms with Crippen LogP contribution < -0.4 is 5.73 Å². The second-order valence-electron chi connectivity index (χ2n) is 5.51. The van der Waals surface area contributed by atoms with Gasteiger partial charge >= 0.3 is 0 Å². The first-order valence-electron chi connectivity index (χ1n) is 6.03. The fraction of sp³-hybridized carbons (Fsp3) is 0.727. The van der Waals surface area contributed by atoms with Gasteiger partial charge in [0, 0.05) is 17.9 Å². The van der Waals surface area contributed by atoms with Gasteiger partial charge in [-0.25, -0.2) is 0 Å². The molecule has 0 unspecified atom stereocenters. The molecule has 0 bridgehead atoms. The highest BCUT2D eigenvalue weighted by molar-refractivity contribution is 7.16. The molecule has 1 fully saturated rings. The molecule has 1 aliphatic rings. The van der Waals surface area contributed by atoms with Gasteiger partial charge in [-0.3, -0.25) is 0 Å². The van der Waals surface area contributed by atoms with Crippen LogP contribution in [-0.2, 0) is 6.42 Å². The lowest BCUT2D eigenvalue weighted by molar-refractivity contribution is 0.475. The van der Waals surface area contributed by atoms with Crippen molar-refractivity contribution in [3.8, 4) is 0 Å². The fourth-order valence-corrected chi connectivity index (χ4v) is 2.64. The third-order valence-electron chi connectivity index (χ3n) is 2.98. The van der Waals surface area contributed by atoms with Gasteiger partial charge in [0.2, 0.25) is 4.96 Å². The van der Waals surface area contributed by atoms with E-state index in [1.165, 1.54) is 12.8 Å². The number of nitrogens with two attached hydrogens (primary N) is 1. The highest BCUT2D eigenvalue weighted by Crippen LogP contribution is 2.39. The first-order chi connectivity index (χ1) is 8.03. The molecule has 0 aromatic carbocycles. The Morgan fingerprint density at radius 1 is 1.41 bits per heavy atom. The molecule has 0 saturated heterocycles. The molecule has 6 heteroatoms. The van der Waals surface area contributed by atoms with Crippen molar-refractivity contribution >= 4 is 16.3 Å². The minimum atomic E-state index is -0.134. The molecule has 92 valence electrons. The maximum atomic E-state index is 5.98. The Kier molecular flexibility index (Phi) is 2.45. The van der Waals surface area contributed by atoms with Crippen molar-refractivity contribution in [3.05, 3.63) is 10.8 Å². The minimum absolute atomic E-state index is 0.134. The number of rotatable bonds is 4. The van der Waals surface area contributed by atoms with E-state index in [1.54, 1.807) is 11.3 Å². The number of hydrogen-bond donors (Lipinski definition) is 1. The molecule has 1 saturated carbocycles. The molecule has 5 nitrogen and oxygen atoms in total. The zero-order chi connectivity index (χ0) is 12.0. The Bertz CT molecular complexity index is 532. The van der Waals surface area contributed by atoms with E-state index in [1.807, 2.05) is 18.4 Å². The minimum Gasteiger partial charge on any atom is -0.326 e. The van der Waals surface area contributed by atoms with Crippen LogP contribution >= 0.6 is 11.3 Å². The van der Waals surface area contributed by atoms with E-state index in [9.17, 15) is 0 Å². The lowest BCUT2D eigenvalue weighted by Crippen LogP contribution is -2.32. The van der Waals surface area contributed by atoms with Crippen LogP contribution in [0.15, 0.2) is 0 Å². The first-order valence-corrected chi connectivity index (χ1v) is 6.84. The van der Waals surface area contributed by atoms with Crippen LogP contribution in [0.25, 0.3) is 4.96 Å². The highest BCUT2D eigenvalue weighted by atomic mass is 32.1. The van der Waals surface area contributed by atoms with Gasteiger partial charge < -0.3 is 5.73 Å². The third kappa shape index (κ3) is 2.32. The zero-order valence-corrected chi connectivity index (χ0v) is 11.0. The van der Waals surface area contributed by atoms with E-state index in [2.05, 4.69) is 15.3 Å². The van der Waals surface area contributed by atoms with E-state index >= 15 is 0 Å². The van der Waals surface area contributed by atoms with Gasteiger partial charge in [-0.15, -0.1) is 10.2 Å². The Morgan fingerprint density at radius 3 is 2.82 bits per heavy atom. The van der Waals surface area contributed by atoms with Crippen molar-refractivity contribution in [1.29, 1.82) is 0 Å². The van der Waals surface area contributed by atoms with Gasteiger partial charge in [0.25, 0.3) is 0 Å². The zero-order valence-electron chi connectivity index (χ0n) is 10.2. The van der Waals surface area contributed by atoms with E-state index in [-0.39, 0.29) is 5.54 Å². The Labute approximate surface area is 104 Å². The summed E-state index contributed by atoms with van der Waals surface area (Å²) in [5.41, 5.74) is 5.85. The van der Waals surface area contributed by atoms with E-state index in [0.29, 0.717) is 5.92 Å². The molecular formula is C11H17N5S. The fourth-order valence-electron chi connectivity index (χ4n) is 1.80. The van der Waals surface area contributed by atoms with Crippen LogP contribution in [0, 0.1) is 0 Å². The largest absolute Gasteiger partial charge is 0.326 e. The maximum Gasteiger partial charge on any atom is 0.234 e. The molecule has 2 aromatic heterocycles. The van der Waals surface area contributed by atoms with Crippen LogP contribution in [0.2, 0.25) is 0 Å². The number of fused-ring (bicyclic) bond motifs is 1. The molecule has 0 atom stereocenters. The van der Waals surface area contributed by atoms with E-state index in [4.69, 9.17) is 5.73 Å². The summed E-state index contributed by atoms with van der Waals surface area (Å²) in [6.45, 7) is 4.09. The van der Waals surface area contributed by atoms with Crippen molar-refractivity contribution < 1.29 is 0 Å². The summed E-state index contributed by atoms with van der Waals surface area (Å²) in [6.07, 6.45) is 4.31. The number of nitrogens with zero attached hydrogens (tertiary/aromatic N) is 4. The predicted molar refractivity (Wildman–Crippen MR) is 67.2 cm³/mol. The number of aromatic nitrogens is 4. The molecule has 2 N–H and O–H groups in total. The highest BCUT2D eigenvalue weighted by Gasteiger charge is 2.30. The summed E-state index contributed by atoms with van der Waals surface area (Å²) in [5.74, 6) is 1.63. The molecule has 3 rings (SSSR count). The molecule has 0 spiro atoms. The van der Waals surface area contributed by atoms with E-state index in [0.717, 1.165) is 28.6 Å². The Morgan fingerprint density at radius 2 is 2.18 bits per heavy atom. The smallest absolute Gasteiger partial charge is 0.234 e. The number of aryl methyl sites for hydroxylation is 1. The Balaban J connectivity index is 1.82. The van der Waals surface area contributed by atoms with Crippen LogP contribution in [0.4, 0.5) is 0 Å². The third-order valence-corrected chi connectivity index (χ3v) is 3.94.